The average Bonchev–Trinajstić information content (AvgIpc) is 3.02. The lowest BCUT2D eigenvalue weighted by molar-refractivity contribution is 0.136. The zero-order chi connectivity index (χ0) is 20.3. The molecule has 3 atom stereocenters. The van der Waals surface area contributed by atoms with Gasteiger partial charge in [0.2, 0.25) is 0 Å². The molecule has 2 saturated heterocycles. The first-order valence-electron chi connectivity index (χ1n) is 8.89. The van der Waals surface area contributed by atoms with Crippen LogP contribution >= 0.6 is 0 Å². The molecule has 0 spiro atoms. The number of carbonyl (C=O) groups excluding carboxylic acids is 1. The number of anilines is 2. The fraction of sp³-hybridized carbons (Fsp3) is 0.500. The first kappa shape index (κ1) is 19.7. The van der Waals surface area contributed by atoms with Crippen molar-refractivity contribution in [3.8, 4) is 6.07 Å². The van der Waals surface area contributed by atoms with Crippen LogP contribution in [0.2, 0.25) is 0 Å². The van der Waals surface area contributed by atoms with Crippen molar-refractivity contribution in [1.82, 2.24) is 5.32 Å². The highest BCUT2D eigenvalue weighted by atomic mass is 19.1. The summed E-state index contributed by atoms with van der Waals surface area (Å²) < 4.78 is 33.9. The van der Waals surface area contributed by atoms with E-state index in [9.17, 15) is 18.4 Å². The second kappa shape index (κ2) is 8.29. The molecule has 0 saturated carbocycles. The van der Waals surface area contributed by atoms with Crippen LogP contribution in [0.1, 0.15) is 12.8 Å². The minimum Gasteiger partial charge on any atom is -0.465 e. The van der Waals surface area contributed by atoms with E-state index >= 15 is 0 Å². The molecule has 2 aliphatic heterocycles. The highest BCUT2D eigenvalue weighted by Crippen LogP contribution is 2.32. The molecule has 2 heterocycles. The summed E-state index contributed by atoms with van der Waals surface area (Å²) in [4.78, 5) is 25.3. The second-order valence-electron chi connectivity index (χ2n) is 6.81. The van der Waals surface area contributed by atoms with Gasteiger partial charge in [0.1, 0.15) is 18.1 Å². The number of nitriles is 1. The molecule has 2 amide bonds. The number of cyclic esters (lactones) is 1. The molecule has 0 aliphatic carbocycles. The Balaban J connectivity index is 1.67. The van der Waals surface area contributed by atoms with Gasteiger partial charge in [0.15, 0.2) is 0 Å². The summed E-state index contributed by atoms with van der Waals surface area (Å²) in [6, 6.07) is 6.18. The summed E-state index contributed by atoms with van der Waals surface area (Å²) >= 11 is 0. The molecule has 8 nitrogen and oxygen atoms in total. The number of benzene rings is 1. The number of hydrogen-bond donors (Lipinski definition) is 2. The van der Waals surface area contributed by atoms with Crippen LogP contribution < -0.4 is 15.1 Å². The number of alkyl halides is 1. The van der Waals surface area contributed by atoms with E-state index in [0.717, 1.165) is 0 Å². The lowest BCUT2D eigenvalue weighted by atomic mass is 9.92. The number of nitrogens with zero attached hydrogens (tertiary/aromatic N) is 3. The van der Waals surface area contributed by atoms with Crippen molar-refractivity contribution < 1.29 is 28.2 Å². The number of piperidine rings is 1. The normalized spacial score (nSPS) is 24.6. The van der Waals surface area contributed by atoms with E-state index in [1.807, 2.05) is 6.07 Å². The second-order valence-corrected chi connectivity index (χ2v) is 6.81. The maximum atomic E-state index is 14.7. The summed E-state index contributed by atoms with van der Waals surface area (Å²) in [5.41, 5.74) is 0.513. The molecule has 0 aromatic heterocycles. The van der Waals surface area contributed by atoms with Gasteiger partial charge in [-0.15, -0.1) is 0 Å². The summed E-state index contributed by atoms with van der Waals surface area (Å²) in [6.07, 6.45) is -3.18. The smallest absolute Gasteiger partial charge is 0.414 e. The number of amides is 2. The maximum absolute atomic E-state index is 14.7. The van der Waals surface area contributed by atoms with E-state index in [-0.39, 0.29) is 43.3 Å². The highest BCUT2D eigenvalue weighted by Gasteiger charge is 2.34. The van der Waals surface area contributed by atoms with Crippen molar-refractivity contribution in [2.24, 2.45) is 5.92 Å². The van der Waals surface area contributed by atoms with E-state index < -0.39 is 30.3 Å². The monoisotopic (exact) mass is 394 g/mol. The van der Waals surface area contributed by atoms with E-state index in [1.165, 1.54) is 17.0 Å². The molecule has 10 heteroatoms. The topological polar surface area (TPSA) is 106 Å². The summed E-state index contributed by atoms with van der Waals surface area (Å²) in [5.74, 6) is -0.928. The van der Waals surface area contributed by atoms with E-state index in [4.69, 9.17) is 15.1 Å². The summed E-state index contributed by atoms with van der Waals surface area (Å²) in [7, 11) is 0. The molecule has 0 bridgehead atoms. The molecule has 2 N–H and O–H groups in total. The van der Waals surface area contributed by atoms with Gasteiger partial charge in [0.25, 0.3) is 0 Å². The van der Waals surface area contributed by atoms with Crippen molar-refractivity contribution in [3.05, 3.63) is 24.0 Å². The third kappa shape index (κ3) is 4.24. The fourth-order valence-corrected chi connectivity index (χ4v) is 3.48. The standard InChI is InChI=1S/C18H20F2N4O4/c19-14-7-12(24-9-13(28-18(24)27)8-22-17(25)26)1-2-16(14)23-6-4-11(3-5-21)15(20)10-23/h1-2,7,11,13,15,22H,3-4,6,8-10H2,(H,25,26). The fourth-order valence-electron chi connectivity index (χ4n) is 3.48. The number of ether oxygens (including phenoxy) is 1. The van der Waals surface area contributed by atoms with Crippen molar-refractivity contribution >= 4 is 23.6 Å². The number of nitrogens with one attached hydrogen (secondary N) is 1. The Hall–Kier alpha value is -3.09. The largest absolute Gasteiger partial charge is 0.465 e. The van der Waals surface area contributed by atoms with Gasteiger partial charge < -0.3 is 20.1 Å². The average molecular weight is 394 g/mol. The number of rotatable bonds is 5. The third-order valence-electron chi connectivity index (χ3n) is 4.97. The maximum Gasteiger partial charge on any atom is 0.414 e. The Labute approximate surface area is 160 Å². The van der Waals surface area contributed by atoms with Gasteiger partial charge in [-0.25, -0.2) is 18.4 Å². The minimum absolute atomic E-state index is 0.0112. The van der Waals surface area contributed by atoms with Crippen LogP contribution in [0.3, 0.4) is 0 Å². The van der Waals surface area contributed by atoms with Gasteiger partial charge in [0.05, 0.1) is 30.5 Å². The Bertz CT molecular complexity index is 800. The number of carboxylic acid groups (broad SMARTS) is 1. The summed E-state index contributed by atoms with van der Waals surface area (Å²) in [5, 5.41) is 19.5. The Morgan fingerprint density at radius 1 is 1.43 bits per heavy atom. The molecule has 1 aromatic carbocycles. The van der Waals surface area contributed by atoms with E-state index in [1.54, 1.807) is 11.0 Å². The van der Waals surface area contributed by atoms with Crippen molar-refractivity contribution in [2.75, 3.05) is 36.0 Å². The number of carbonyl (C=O) groups is 2. The third-order valence-corrected chi connectivity index (χ3v) is 4.97. The number of hydrogen-bond acceptors (Lipinski definition) is 5. The predicted molar refractivity (Wildman–Crippen MR) is 95.5 cm³/mol. The van der Waals surface area contributed by atoms with Gasteiger partial charge in [-0.05, 0) is 24.6 Å². The molecule has 150 valence electrons. The van der Waals surface area contributed by atoms with Crippen molar-refractivity contribution in [2.45, 2.75) is 25.1 Å². The highest BCUT2D eigenvalue weighted by molar-refractivity contribution is 5.90. The van der Waals surface area contributed by atoms with Crippen LogP contribution in [0.25, 0.3) is 0 Å². The lowest BCUT2D eigenvalue weighted by Crippen LogP contribution is -2.42. The first-order valence-corrected chi connectivity index (χ1v) is 8.89. The zero-order valence-electron chi connectivity index (χ0n) is 15.0. The predicted octanol–water partition coefficient (Wildman–Crippen LogP) is 2.50. The molecule has 2 aliphatic rings. The molecule has 0 radical (unpaired) electrons. The Kier molecular flexibility index (Phi) is 5.82. The van der Waals surface area contributed by atoms with E-state index in [2.05, 4.69) is 5.32 Å². The van der Waals surface area contributed by atoms with Gasteiger partial charge >= 0.3 is 12.2 Å². The van der Waals surface area contributed by atoms with Crippen LogP contribution in [0.4, 0.5) is 29.7 Å². The SMILES string of the molecule is N#CCC1CCN(c2ccc(N3CC(CNC(=O)O)OC3=O)cc2F)CC1F. The van der Waals surface area contributed by atoms with Gasteiger partial charge in [-0.2, -0.15) is 5.26 Å². The molecule has 28 heavy (non-hydrogen) atoms. The minimum atomic E-state index is -1.23. The number of halogens is 2. The first-order chi connectivity index (χ1) is 13.4. The lowest BCUT2D eigenvalue weighted by Gasteiger charge is -2.35. The zero-order valence-corrected chi connectivity index (χ0v) is 15.0. The Morgan fingerprint density at radius 3 is 2.86 bits per heavy atom. The van der Waals surface area contributed by atoms with Gasteiger partial charge in [0, 0.05) is 25.4 Å². The molecular formula is C18H20F2N4O4. The van der Waals surface area contributed by atoms with Crippen LogP contribution in [0, 0.1) is 23.1 Å². The molecule has 3 rings (SSSR count). The Morgan fingerprint density at radius 2 is 2.21 bits per heavy atom. The summed E-state index contributed by atoms with van der Waals surface area (Å²) in [6.45, 7) is 0.479. The van der Waals surface area contributed by atoms with Gasteiger partial charge in [-0.1, -0.05) is 0 Å². The van der Waals surface area contributed by atoms with Crippen LogP contribution in [0.5, 0.6) is 0 Å². The van der Waals surface area contributed by atoms with Gasteiger partial charge in [-0.3, -0.25) is 4.90 Å². The molecule has 2 fully saturated rings. The van der Waals surface area contributed by atoms with Crippen molar-refractivity contribution in [1.29, 1.82) is 5.26 Å². The quantitative estimate of drug-likeness (QED) is 0.795. The molecular weight excluding hydrogens is 374 g/mol. The van der Waals surface area contributed by atoms with E-state index in [0.29, 0.717) is 13.0 Å². The van der Waals surface area contributed by atoms with Crippen LogP contribution in [-0.4, -0.2) is 55.7 Å². The molecule has 3 unspecified atom stereocenters. The molecule has 1 aromatic rings. The van der Waals surface area contributed by atoms with Crippen molar-refractivity contribution in [3.63, 3.8) is 0 Å². The van der Waals surface area contributed by atoms with Crippen LogP contribution in [0.15, 0.2) is 18.2 Å². The van der Waals surface area contributed by atoms with Crippen LogP contribution in [-0.2, 0) is 4.74 Å².